The first-order valence-corrected chi connectivity index (χ1v) is 13.6. The van der Waals surface area contributed by atoms with E-state index < -0.39 is 0 Å². The van der Waals surface area contributed by atoms with Gasteiger partial charge in [-0.05, 0) is 76.1 Å². The zero-order chi connectivity index (χ0) is 24.7. The van der Waals surface area contributed by atoms with E-state index in [1.54, 1.807) is 12.5 Å². The maximum absolute atomic E-state index is 6.47. The number of hydrogen-bond donors (Lipinski definition) is 0. The Kier molecular flexibility index (Phi) is 11.7. The van der Waals surface area contributed by atoms with E-state index in [-0.39, 0.29) is 37.0 Å². The van der Waals surface area contributed by atoms with E-state index in [0.717, 1.165) is 86.2 Å². The van der Waals surface area contributed by atoms with Crippen molar-refractivity contribution < 1.29 is 13.9 Å². The summed E-state index contributed by atoms with van der Waals surface area (Å²) in [5.41, 5.74) is 3.97. The second-order valence-corrected chi connectivity index (χ2v) is 10.2. The van der Waals surface area contributed by atoms with Gasteiger partial charge in [-0.1, -0.05) is 25.8 Å². The second kappa shape index (κ2) is 14.7. The summed E-state index contributed by atoms with van der Waals surface area (Å²) in [5, 5.41) is 9.08. The summed E-state index contributed by atoms with van der Waals surface area (Å²) in [4.78, 5) is 6.78. The molecule has 0 spiro atoms. The zero-order valence-electron chi connectivity index (χ0n) is 22.4. The molecule has 0 amide bonds. The van der Waals surface area contributed by atoms with E-state index in [2.05, 4.69) is 58.3 Å². The molecular formula is C29H40Cl2N4O3. The van der Waals surface area contributed by atoms with Crippen LogP contribution in [0.15, 0.2) is 41.1 Å². The molecule has 7 nitrogen and oxygen atoms in total. The number of aryl methyl sites for hydroxylation is 1. The van der Waals surface area contributed by atoms with Gasteiger partial charge in [0.1, 0.15) is 18.1 Å². The molecule has 2 fully saturated rings. The summed E-state index contributed by atoms with van der Waals surface area (Å²) in [5.74, 6) is 2.00. The summed E-state index contributed by atoms with van der Waals surface area (Å²) >= 11 is 0. The predicted octanol–water partition coefficient (Wildman–Crippen LogP) is 7.17. The van der Waals surface area contributed by atoms with Crippen molar-refractivity contribution in [1.29, 1.82) is 0 Å². The van der Waals surface area contributed by atoms with Crippen molar-refractivity contribution in [3.05, 3.63) is 42.4 Å². The maximum Gasteiger partial charge on any atom is 0.234 e. The number of piperidine rings is 1. The SMILES string of the molecule is CCCCc1nnc(OC2CCN(C)CC2)cc1-c1ccc(OC2CCCCC2)c(-c2ncco2)c1.Cl.Cl. The average Bonchev–Trinajstić information content (AvgIpc) is 3.45. The number of unbranched alkanes of at least 4 members (excludes halogenated alkanes) is 1. The van der Waals surface area contributed by atoms with Gasteiger partial charge in [-0.25, -0.2) is 4.98 Å². The Morgan fingerprint density at radius 1 is 0.921 bits per heavy atom. The van der Waals surface area contributed by atoms with Gasteiger partial charge in [-0.2, -0.15) is 5.10 Å². The van der Waals surface area contributed by atoms with E-state index >= 15 is 0 Å². The number of halogens is 2. The lowest BCUT2D eigenvalue weighted by atomic mass is 9.97. The van der Waals surface area contributed by atoms with E-state index in [9.17, 15) is 0 Å². The first-order valence-electron chi connectivity index (χ1n) is 13.6. The molecular weight excluding hydrogens is 523 g/mol. The lowest BCUT2D eigenvalue weighted by Gasteiger charge is -2.29. The fourth-order valence-electron chi connectivity index (χ4n) is 5.20. The molecule has 0 unspecified atom stereocenters. The number of hydrogen-bond acceptors (Lipinski definition) is 7. The Morgan fingerprint density at radius 3 is 2.39 bits per heavy atom. The van der Waals surface area contributed by atoms with Crippen LogP contribution in [-0.2, 0) is 6.42 Å². The van der Waals surface area contributed by atoms with Crippen molar-refractivity contribution in [2.45, 2.75) is 83.3 Å². The molecule has 3 aromatic rings. The average molecular weight is 564 g/mol. The van der Waals surface area contributed by atoms with E-state index in [1.165, 1.54) is 19.3 Å². The Bertz CT molecular complexity index is 1120. The molecule has 2 aliphatic rings. The van der Waals surface area contributed by atoms with Crippen LogP contribution >= 0.6 is 24.8 Å². The van der Waals surface area contributed by atoms with E-state index in [1.807, 2.05) is 0 Å². The van der Waals surface area contributed by atoms with Gasteiger partial charge in [0.2, 0.25) is 11.8 Å². The highest BCUT2D eigenvalue weighted by molar-refractivity contribution is 5.85. The third-order valence-corrected chi connectivity index (χ3v) is 7.37. The smallest absolute Gasteiger partial charge is 0.234 e. The molecule has 1 saturated carbocycles. The van der Waals surface area contributed by atoms with Crippen LogP contribution in [0.3, 0.4) is 0 Å². The molecule has 0 N–H and O–H groups in total. The number of aromatic nitrogens is 3. The van der Waals surface area contributed by atoms with Gasteiger partial charge in [-0.3, -0.25) is 0 Å². The molecule has 208 valence electrons. The molecule has 1 aliphatic carbocycles. The van der Waals surface area contributed by atoms with Gasteiger partial charge in [0.15, 0.2) is 0 Å². The van der Waals surface area contributed by atoms with Gasteiger partial charge >= 0.3 is 0 Å². The largest absolute Gasteiger partial charge is 0.490 e. The quantitative estimate of drug-likeness (QED) is 0.273. The highest BCUT2D eigenvalue weighted by Crippen LogP contribution is 2.37. The van der Waals surface area contributed by atoms with Crippen molar-refractivity contribution in [2.24, 2.45) is 0 Å². The lowest BCUT2D eigenvalue weighted by molar-refractivity contribution is 0.109. The molecule has 0 atom stereocenters. The number of benzene rings is 1. The van der Waals surface area contributed by atoms with Gasteiger partial charge in [0.25, 0.3) is 0 Å². The molecule has 2 aromatic heterocycles. The van der Waals surface area contributed by atoms with Crippen LogP contribution in [0.1, 0.15) is 70.4 Å². The fraction of sp³-hybridized carbons (Fsp3) is 0.552. The summed E-state index contributed by atoms with van der Waals surface area (Å²) in [7, 11) is 2.16. The van der Waals surface area contributed by atoms with Crippen LogP contribution in [-0.4, -0.2) is 52.4 Å². The number of likely N-dealkylation sites (tertiary alicyclic amines) is 1. The fourth-order valence-corrected chi connectivity index (χ4v) is 5.20. The van der Waals surface area contributed by atoms with Gasteiger partial charge in [0, 0.05) is 24.7 Å². The van der Waals surface area contributed by atoms with Gasteiger partial charge in [-0.15, -0.1) is 29.9 Å². The van der Waals surface area contributed by atoms with Gasteiger partial charge in [0.05, 0.1) is 23.6 Å². The summed E-state index contributed by atoms with van der Waals surface area (Å²) in [6, 6.07) is 8.36. The molecule has 5 rings (SSSR count). The van der Waals surface area contributed by atoms with Crippen LogP contribution in [0.5, 0.6) is 11.6 Å². The minimum absolute atomic E-state index is 0. The monoisotopic (exact) mass is 562 g/mol. The first kappa shape index (κ1) is 30.2. The maximum atomic E-state index is 6.47. The number of ether oxygens (including phenoxy) is 2. The Balaban J connectivity index is 0.00000200. The molecule has 3 heterocycles. The zero-order valence-corrected chi connectivity index (χ0v) is 24.1. The van der Waals surface area contributed by atoms with Crippen molar-refractivity contribution in [3.63, 3.8) is 0 Å². The van der Waals surface area contributed by atoms with Crippen LogP contribution in [0, 0.1) is 0 Å². The standard InChI is InChI=1S/C29H38N4O3.2ClH/c1-3-4-10-26-24(20-28(32-31-26)36-23-13-16-33(2)17-14-23)21-11-12-27(35-22-8-6-5-7-9-22)25(19-21)29-30-15-18-34-29;;/h11-12,15,18-20,22-23H,3-10,13-14,16-17H2,1-2H3;2*1H. The minimum atomic E-state index is 0. The molecule has 38 heavy (non-hydrogen) atoms. The lowest BCUT2D eigenvalue weighted by Crippen LogP contribution is -2.35. The van der Waals surface area contributed by atoms with E-state index in [0.29, 0.717) is 11.8 Å². The van der Waals surface area contributed by atoms with Crippen LogP contribution < -0.4 is 9.47 Å². The summed E-state index contributed by atoms with van der Waals surface area (Å²) in [6.07, 6.45) is 14.7. The highest BCUT2D eigenvalue weighted by atomic mass is 35.5. The van der Waals surface area contributed by atoms with Crippen LogP contribution in [0.25, 0.3) is 22.6 Å². The Hall–Kier alpha value is -2.35. The number of oxazole rings is 1. The molecule has 0 bridgehead atoms. The minimum Gasteiger partial charge on any atom is -0.490 e. The Labute approximate surface area is 238 Å². The molecule has 0 radical (unpaired) electrons. The third-order valence-electron chi connectivity index (χ3n) is 7.37. The van der Waals surface area contributed by atoms with Crippen LogP contribution in [0.2, 0.25) is 0 Å². The third kappa shape index (κ3) is 7.61. The van der Waals surface area contributed by atoms with Crippen molar-refractivity contribution in [2.75, 3.05) is 20.1 Å². The normalized spacial score (nSPS) is 16.9. The number of rotatable bonds is 9. The summed E-state index contributed by atoms with van der Waals surface area (Å²) < 4.78 is 18.5. The first-order chi connectivity index (χ1) is 17.7. The molecule has 1 aromatic carbocycles. The molecule has 1 aliphatic heterocycles. The Morgan fingerprint density at radius 2 is 1.68 bits per heavy atom. The van der Waals surface area contributed by atoms with Gasteiger partial charge < -0.3 is 18.8 Å². The molecule has 9 heteroatoms. The topological polar surface area (TPSA) is 73.5 Å². The summed E-state index contributed by atoms with van der Waals surface area (Å²) in [6.45, 7) is 4.28. The second-order valence-electron chi connectivity index (χ2n) is 10.2. The van der Waals surface area contributed by atoms with Crippen LogP contribution in [0.4, 0.5) is 0 Å². The van der Waals surface area contributed by atoms with Crippen molar-refractivity contribution >= 4 is 24.8 Å². The highest BCUT2D eigenvalue weighted by Gasteiger charge is 2.22. The predicted molar refractivity (Wildman–Crippen MR) is 155 cm³/mol. The van der Waals surface area contributed by atoms with Crippen molar-refractivity contribution in [3.8, 4) is 34.2 Å². The number of nitrogens with zero attached hydrogens (tertiary/aromatic N) is 4. The van der Waals surface area contributed by atoms with Crippen molar-refractivity contribution in [1.82, 2.24) is 20.1 Å². The molecule has 1 saturated heterocycles. The van der Waals surface area contributed by atoms with E-state index in [4.69, 9.17) is 13.9 Å².